The predicted octanol–water partition coefficient (Wildman–Crippen LogP) is 5.42. The van der Waals surface area contributed by atoms with Gasteiger partial charge in [0.2, 0.25) is 7.75 Å². The summed E-state index contributed by atoms with van der Waals surface area (Å²) in [4.78, 5) is 13.4. The molecular weight excluding hydrogens is 634 g/mol. The number of nitrogens with zero attached hydrogens (tertiary/aromatic N) is 2. The Labute approximate surface area is 267 Å². The summed E-state index contributed by atoms with van der Waals surface area (Å²) in [7, 11) is -8.76. The van der Waals surface area contributed by atoms with E-state index in [1.807, 2.05) is 30.3 Å². The highest BCUT2D eigenvalue weighted by atomic mass is 31.2. The minimum atomic E-state index is -4.50. The minimum Gasteiger partial charge on any atom is -0.766 e. The van der Waals surface area contributed by atoms with Crippen LogP contribution in [0.3, 0.4) is 0 Å². The number of hydrogen-bond acceptors (Lipinski definition) is 11. The van der Waals surface area contributed by atoms with Gasteiger partial charge < -0.3 is 32.7 Å². The Morgan fingerprint density at radius 1 is 0.870 bits per heavy atom. The summed E-state index contributed by atoms with van der Waals surface area (Å²) in [6.07, 6.45) is -2.02. The monoisotopic (exact) mass is 669 g/mol. The molecule has 1 aliphatic carbocycles. The second-order valence-corrected chi connectivity index (χ2v) is 14.4. The molecule has 0 radical (unpaired) electrons. The van der Waals surface area contributed by atoms with Crippen LogP contribution in [0.5, 0.6) is 11.5 Å². The second kappa shape index (κ2) is 14.4. The normalized spacial score (nSPS) is 27.7. The molecule has 3 aliphatic rings. The highest BCUT2D eigenvalue weighted by Crippen LogP contribution is 2.56. The maximum atomic E-state index is 14.1. The first kappa shape index (κ1) is 32.9. The standard InChI is InChI=1S/C32H36N2O10P2/c33-18-10-17-32(26-11-4-1-5-12-26)40-30-25(23-29(31(30)41-32)44-45(35,36)34-19-21-38-22-20-34)24-39-46(37,42-27-13-6-2-7-14-27)43-28-15-8-3-9-16-28/h1-9,11-16,25,29-31H,10,17,19-24H2,(H,35,36)/p-1/t25-,29+,30-,31+,32-/m1/s1. The molecule has 46 heavy (non-hydrogen) atoms. The number of phosphoric acid groups is 1. The number of ether oxygens (including phenoxy) is 3. The number of rotatable bonds is 13. The molecule has 0 amide bonds. The van der Waals surface area contributed by atoms with Gasteiger partial charge in [0.05, 0.1) is 38.1 Å². The number of morpholine rings is 1. The maximum Gasteiger partial charge on any atom is 0.587 e. The van der Waals surface area contributed by atoms with Crippen molar-refractivity contribution < 1.29 is 46.3 Å². The van der Waals surface area contributed by atoms with E-state index in [1.165, 1.54) is 4.67 Å². The lowest BCUT2D eigenvalue weighted by atomic mass is 10.0. The van der Waals surface area contributed by atoms with Gasteiger partial charge in [-0.25, -0.2) is 9.24 Å². The van der Waals surface area contributed by atoms with E-state index < -0.39 is 45.6 Å². The first-order chi connectivity index (χ1) is 22.3. The molecule has 3 aromatic carbocycles. The Kier molecular flexibility index (Phi) is 10.3. The van der Waals surface area contributed by atoms with Crippen LogP contribution in [-0.2, 0) is 38.2 Å². The van der Waals surface area contributed by atoms with E-state index in [2.05, 4.69) is 6.07 Å². The molecule has 244 valence electrons. The van der Waals surface area contributed by atoms with Gasteiger partial charge in [-0.2, -0.15) is 5.26 Å². The highest BCUT2D eigenvalue weighted by Gasteiger charge is 2.59. The van der Waals surface area contributed by atoms with Crippen LogP contribution in [0.25, 0.3) is 0 Å². The van der Waals surface area contributed by atoms with Crippen LogP contribution in [0.2, 0.25) is 0 Å². The van der Waals surface area contributed by atoms with E-state index in [0.29, 0.717) is 5.56 Å². The average molecular weight is 670 g/mol. The van der Waals surface area contributed by atoms with Crippen molar-refractivity contribution in [3.05, 3.63) is 96.6 Å². The van der Waals surface area contributed by atoms with Gasteiger partial charge in [0.15, 0.2) is 5.79 Å². The Bertz CT molecular complexity index is 1530. The van der Waals surface area contributed by atoms with Gasteiger partial charge >= 0.3 is 7.82 Å². The summed E-state index contributed by atoms with van der Waals surface area (Å²) in [6, 6.07) is 28.4. The summed E-state index contributed by atoms with van der Waals surface area (Å²) in [5.41, 5.74) is 0.682. The molecule has 6 atom stereocenters. The summed E-state index contributed by atoms with van der Waals surface area (Å²) >= 11 is 0. The predicted molar refractivity (Wildman–Crippen MR) is 163 cm³/mol. The molecule has 0 spiro atoms. The zero-order valence-corrected chi connectivity index (χ0v) is 26.8. The summed E-state index contributed by atoms with van der Waals surface area (Å²) < 4.78 is 70.7. The molecule has 3 fully saturated rings. The fourth-order valence-corrected chi connectivity index (χ4v) is 8.52. The molecule has 0 N–H and O–H groups in total. The van der Waals surface area contributed by atoms with Crippen molar-refractivity contribution in [3.63, 3.8) is 0 Å². The molecule has 3 aromatic rings. The van der Waals surface area contributed by atoms with E-state index >= 15 is 0 Å². The average Bonchev–Trinajstić information content (AvgIpc) is 3.61. The number of fused-ring (bicyclic) bond motifs is 1. The van der Waals surface area contributed by atoms with Crippen LogP contribution in [0.4, 0.5) is 0 Å². The van der Waals surface area contributed by atoms with Crippen LogP contribution < -0.4 is 13.9 Å². The molecule has 14 heteroatoms. The Morgan fingerprint density at radius 2 is 1.43 bits per heavy atom. The summed E-state index contributed by atoms with van der Waals surface area (Å²) in [5.74, 6) is -1.31. The lowest BCUT2D eigenvalue weighted by Crippen LogP contribution is -2.40. The molecule has 2 heterocycles. The zero-order valence-electron chi connectivity index (χ0n) is 25.0. The number of para-hydroxylation sites is 2. The first-order valence-electron chi connectivity index (χ1n) is 15.1. The van der Waals surface area contributed by atoms with E-state index in [1.54, 1.807) is 60.7 Å². The van der Waals surface area contributed by atoms with Crippen molar-refractivity contribution in [3.8, 4) is 17.6 Å². The van der Waals surface area contributed by atoms with Crippen molar-refractivity contribution in [2.24, 2.45) is 5.92 Å². The maximum absolute atomic E-state index is 14.1. The lowest BCUT2D eigenvalue weighted by Gasteiger charge is -2.39. The number of hydrogen-bond donors (Lipinski definition) is 0. The molecule has 1 unspecified atom stereocenters. The van der Waals surface area contributed by atoms with Gasteiger partial charge in [-0.05, 0) is 30.7 Å². The largest absolute Gasteiger partial charge is 0.766 e. The highest BCUT2D eigenvalue weighted by molar-refractivity contribution is 7.49. The Hall–Kier alpha value is -3.07. The van der Waals surface area contributed by atoms with Crippen LogP contribution in [0.15, 0.2) is 91.0 Å². The third kappa shape index (κ3) is 7.56. The van der Waals surface area contributed by atoms with E-state index in [0.717, 1.165) is 0 Å². The topological polar surface area (TPSA) is 149 Å². The fourth-order valence-electron chi connectivity index (χ4n) is 5.91. The summed E-state index contributed by atoms with van der Waals surface area (Å²) in [5, 5.41) is 9.45. The van der Waals surface area contributed by atoms with Gasteiger partial charge in [-0.3, -0.25) is 9.09 Å². The molecule has 6 rings (SSSR count). The molecule has 1 saturated carbocycles. The van der Waals surface area contributed by atoms with Crippen LogP contribution in [-0.4, -0.2) is 55.9 Å². The van der Waals surface area contributed by atoms with Gasteiger partial charge in [0.1, 0.15) is 17.6 Å². The van der Waals surface area contributed by atoms with Crippen molar-refractivity contribution in [1.29, 1.82) is 5.26 Å². The molecular formula is C32H35N2O10P2-. The quantitative estimate of drug-likeness (QED) is 0.214. The van der Waals surface area contributed by atoms with Crippen LogP contribution in [0.1, 0.15) is 24.8 Å². The molecule has 2 saturated heterocycles. The summed E-state index contributed by atoms with van der Waals surface area (Å²) in [6.45, 7) is 0.708. The van der Waals surface area contributed by atoms with E-state index in [-0.39, 0.29) is 63.7 Å². The van der Waals surface area contributed by atoms with Crippen LogP contribution in [0, 0.1) is 17.2 Å². The molecule has 0 bridgehead atoms. The minimum absolute atomic E-state index is 0.125. The van der Waals surface area contributed by atoms with Crippen molar-refractivity contribution in [1.82, 2.24) is 4.67 Å². The van der Waals surface area contributed by atoms with Crippen molar-refractivity contribution in [2.45, 2.75) is 43.4 Å². The van der Waals surface area contributed by atoms with Gasteiger partial charge in [-0.15, -0.1) is 0 Å². The van der Waals surface area contributed by atoms with Gasteiger partial charge in [0, 0.05) is 37.4 Å². The fraction of sp³-hybridized carbons (Fsp3) is 0.406. The van der Waals surface area contributed by atoms with Crippen molar-refractivity contribution >= 4 is 15.6 Å². The number of nitriles is 1. The molecule has 2 aliphatic heterocycles. The third-order valence-electron chi connectivity index (χ3n) is 8.09. The number of benzene rings is 3. The van der Waals surface area contributed by atoms with E-state index in [4.69, 9.17) is 32.3 Å². The second-order valence-electron chi connectivity index (χ2n) is 11.2. The molecule has 12 nitrogen and oxygen atoms in total. The smallest absolute Gasteiger partial charge is 0.587 e. The lowest BCUT2D eigenvalue weighted by molar-refractivity contribution is -0.231. The van der Waals surface area contributed by atoms with Crippen molar-refractivity contribution in [2.75, 3.05) is 32.9 Å². The van der Waals surface area contributed by atoms with E-state index in [9.17, 15) is 19.3 Å². The zero-order chi connectivity index (χ0) is 32.0. The third-order valence-corrected chi connectivity index (χ3v) is 11.1. The van der Waals surface area contributed by atoms with Gasteiger partial charge in [-0.1, -0.05) is 66.7 Å². The first-order valence-corrected chi connectivity index (χ1v) is 18.1. The van der Waals surface area contributed by atoms with Crippen LogP contribution >= 0.6 is 15.6 Å². The SMILES string of the molecule is N#CCC[C@@]1(c2ccccc2)O[C@@H]2[C@@H](COP(=O)(Oc3ccccc3)Oc3ccccc3)C[C@H](OP(=O)([O-])N3CCOCC3)[C@@H]2O1. The Balaban J connectivity index is 1.27. The molecule has 0 aromatic heterocycles. The Morgan fingerprint density at radius 3 is 2.02 bits per heavy atom. The number of phosphoric ester groups is 1. The van der Waals surface area contributed by atoms with Gasteiger partial charge in [0.25, 0.3) is 0 Å².